The van der Waals surface area contributed by atoms with Gasteiger partial charge in [0.2, 0.25) is 16.9 Å². The van der Waals surface area contributed by atoms with Gasteiger partial charge in [0.05, 0.1) is 12.7 Å². The van der Waals surface area contributed by atoms with Gasteiger partial charge in [-0.25, -0.2) is 0 Å². The van der Waals surface area contributed by atoms with E-state index in [9.17, 15) is 19.5 Å². The summed E-state index contributed by atoms with van der Waals surface area (Å²) in [5, 5.41) is 32.9. The van der Waals surface area contributed by atoms with Gasteiger partial charge in [-0.1, -0.05) is 31.7 Å². The van der Waals surface area contributed by atoms with Crippen LogP contribution in [0.2, 0.25) is 0 Å². The zero-order valence-electron chi connectivity index (χ0n) is 15.5. The highest BCUT2D eigenvalue weighted by atomic mass is 32.2. The molecule has 0 heterocycles. The van der Waals surface area contributed by atoms with Crippen molar-refractivity contribution in [2.45, 2.75) is 45.8 Å². The van der Waals surface area contributed by atoms with Crippen molar-refractivity contribution >= 4 is 28.7 Å². The maximum atomic E-state index is 11.7. The molecule has 0 saturated carbocycles. The number of hydrogen-bond donors (Lipinski definition) is 5. The van der Waals surface area contributed by atoms with E-state index in [1.165, 1.54) is 6.08 Å². The third-order valence-corrected chi connectivity index (χ3v) is 4.28. The van der Waals surface area contributed by atoms with Gasteiger partial charge in [-0.05, 0) is 19.4 Å². The van der Waals surface area contributed by atoms with Gasteiger partial charge in [-0.3, -0.25) is 14.4 Å². The van der Waals surface area contributed by atoms with Crippen LogP contribution in [-0.2, 0) is 14.4 Å². The number of rotatable bonds is 12. The lowest BCUT2D eigenvalue weighted by molar-refractivity contribution is -0.137. The monoisotopic (exact) mass is 390 g/mol. The SMILES string of the molecule is C[C@H](O)C/C=C/C(=O)SCCNC(=O)CCNC(=O)[C@H](O)C(C)(C)CO. The minimum atomic E-state index is -1.36. The summed E-state index contributed by atoms with van der Waals surface area (Å²) in [7, 11) is 0. The van der Waals surface area contributed by atoms with Crippen molar-refractivity contribution in [3.05, 3.63) is 12.2 Å². The van der Waals surface area contributed by atoms with Gasteiger partial charge in [-0.2, -0.15) is 0 Å². The zero-order chi connectivity index (χ0) is 20.2. The molecule has 0 aromatic heterocycles. The van der Waals surface area contributed by atoms with Gasteiger partial charge in [0.15, 0.2) is 0 Å². The first kappa shape index (κ1) is 24.6. The number of aliphatic hydroxyl groups excluding tert-OH is 3. The van der Waals surface area contributed by atoms with Gasteiger partial charge in [0, 0.05) is 30.7 Å². The van der Waals surface area contributed by atoms with Gasteiger partial charge in [-0.15, -0.1) is 0 Å². The van der Waals surface area contributed by atoms with E-state index in [1.54, 1.807) is 26.8 Å². The normalized spacial score (nSPS) is 14.1. The Labute approximate surface area is 158 Å². The molecule has 2 amide bonds. The highest BCUT2D eigenvalue weighted by Gasteiger charge is 2.32. The minimum absolute atomic E-state index is 0.0465. The van der Waals surface area contributed by atoms with E-state index >= 15 is 0 Å². The summed E-state index contributed by atoms with van der Waals surface area (Å²) >= 11 is 1.06. The molecule has 0 saturated heterocycles. The van der Waals surface area contributed by atoms with Crippen LogP contribution in [0.25, 0.3) is 0 Å². The molecule has 8 nitrogen and oxygen atoms in total. The molecule has 0 unspecified atom stereocenters. The Hall–Kier alpha value is -1.42. The van der Waals surface area contributed by atoms with Crippen LogP contribution < -0.4 is 10.6 Å². The molecule has 2 atom stereocenters. The lowest BCUT2D eigenvalue weighted by Gasteiger charge is -2.27. The van der Waals surface area contributed by atoms with Crippen molar-refractivity contribution in [2.24, 2.45) is 5.41 Å². The van der Waals surface area contributed by atoms with Gasteiger partial charge in [0.1, 0.15) is 6.10 Å². The average molecular weight is 391 g/mol. The third kappa shape index (κ3) is 11.2. The van der Waals surface area contributed by atoms with Crippen molar-refractivity contribution in [1.29, 1.82) is 0 Å². The van der Waals surface area contributed by atoms with E-state index in [0.29, 0.717) is 18.7 Å². The van der Waals surface area contributed by atoms with Crippen molar-refractivity contribution in [3.8, 4) is 0 Å². The van der Waals surface area contributed by atoms with Crippen LogP contribution >= 0.6 is 11.8 Å². The van der Waals surface area contributed by atoms with Crippen LogP contribution in [-0.4, -0.2) is 69.9 Å². The topological polar surface area (TPSA) is 136 Å². The number of nitrogens with one attached hydrogen (secondary N) is 2. The van der Waals surface area contributed by atoms with Crippen LogP contribution in [0.3, 0.4) is 0 Å². The van der Waals surface area contributed by atoms with E-state index < -0.39 is 23.5 Å². The number of carbonyl (C=O) groups excluding carboxylic acids is 3. The highest BCUT2D eigenvalue weighted by molar-refractivity contribution is 8.14. The maximum absolute atomic E-state index is 11.7. The van der Waals surface area contributed by atoms with E-state index in [-0.39, 0.29) is 30.6 Å². The van der Waals surface area contributed by atoms with Crippen LogP contribution in [0, 0.1) is 5.41 Å². The predicted octanol–water partition coefficient (Wildman–Crippen LogP) is -0.425. The highest BCUT2D eigenvalue weighted by Crippen LogP contribution is 2.19. The number of amides is 2. The third-order valence-electron chi connectivity index (χ3n) is 3.45. The summed E-state index contributed by atoms with van der Waals surface area (Å²) < 4.78 is 0. The summed E-state index contributed by atoms with van der Waals surface area (Å²) in [5.41, 5.74) is -0.959. The molecule has 0 rings (SSSR count). The van der Waals surface area contributed by atoms with Crippen LogP contribution in [0.4, 0.5) is 0 Å². The average Bonchev–Trinajstić information content (AvgIpc) is 2.57. The Balaban J connectivity index is 3.86. The Morgan fingerprint density at radius 2 is 1.81 bits per heavy atom. The summed E-state index contributed by atoms with van der Waals surface area (Å²) in [6.45, 7) is 4.79. The fourth-order valence-corrected chi connectivity index (χ4v) is 2.27. The standard InChI is InChI=1S/C17H30N2O6S/c1-12(21)5-4-6-14(23)26-10-9-18-13(22)7-8-19-16(25)15(24)17(2,3)11-20/h4,6,12,15,20-21,24H,5,7-11H2,1-3H3,(H,18,22)(H,19,25)/b6-4+/t12-,15-/m0/s1. The number of carbonyl (C=O) groups is 3. The molecule has 0 aromatic rings. The molecule has 9 heteroatoms. The summed E-state index contributed by atoms with van der Waals surface area (Å²) in [4.78, 5) is 34.8. The first-order valence-electron chi connectivity index (χ1n) is 8.45. The summed E-state index contributed by atoms with van der Waals surface area (Å²) in [5.74, 6) is -0.500. The van der Waals surface area contributed by atoms with Crippen molar-refractivity contribution in [2.75, 3.05) is 25.4 Å². The lowest BCUT2D eigenvalue weighted by Crippen LogP contribution is -2.46. The van der Waals surface area contributed by atoms with Gasteiger partial charge >= 0.3 is 0 Å². The molecule has 0 aliphatic carbocycles. The maximum Gasteiger partial charge on any atom is 0.249 e. The number of thioether (sulfide) groups is 1. The fraction of sp³-hybridized carbons (Fsp3) is 0.706. The zero-order valence-corrected chi connectivity index (χ0v) is 16.3. The molecule has 0 spiro atoms. The molecular formula is C17H30N2O6S. The Bertz CT molecular complexity index is 494. The Morgan fingerprint density at radius 1 is 1.15 bits per heavy atom. The van der Waals surface area contributed by atoms with Crippen LogP contribution in [0.15, 0.2) is 12.2 Å². The fourth-order valence-electron chi connectivity index (χ4n) is 1.68. The largest absolute Gasteiger partial charge is 0.396 e. The quantitative estimate of drug-likeness (QED) is 0.225. The Kier molecular flexibility index (Phi) is 12.2. The first-order valence-corrected chi connectivity index (χ1v) is 9.43. The number of hydrogen-bond acceptors (Lipinski definition) is 7. The van der Waals surface area contributed by atoms with Crippen LogP contribution in [0.1, 0.15) is 33.6 Å². The molecular weight excluding hydrogens is 360 g/mol. The molecule has 150 valence electrons. The van der Waals surface area contributed by atoms with Gasteiger partial charge < -0.3 is 26.0 Å². The molecule has 0 aliphatic heterocycles. The van der Waals surface area contributed by atoms with Crippen molar-refractivity contribution in [3.63, 3.8) is 0 Å². The van der Waals surface area contributed by atoms with E-state index in [1.807, 2.05) is 0 Å². The lowest BCUT2D eigenvalue weighted by atomic mass is 9.87. The molecule has 0 aliphatic rings. The molecule has 26 heavy (non-hydrogen) atoms. The first-order chi connectivity index (χ1) is 12.1. The molecule has 5 N–H and O–H groups in total. The Morgan fingerprint density at radius 3 is 2.38 bits per heavy atom. The molecule has 0 bridgehead atoms. The minimum Gasteiger partial charge on any atom is -0.396 e. The summed E-state index contributed by atoms with van der Waals surface area (Å²) in [6.07, 6.45) is 1.62. The number of aliphatic hydroxyl groups is 3. The van der Waals surface area contributed by atoms with E-state index in [2.05, 4.69) is 10.6 Å². The van der Waals surface area contributed by atoms with Gasteiger partial charge in [0.25, 0.3) is 0 Å². The van der Waals surface area contributed by atoms with E-state index in [0.717, 1.165) is 11.8 Å². The molecule has 0 fully saturated rings. The van der Waals surface area contributed by atoms with E-state index in [4.69, 9.17) is 10.2 Å². The second-order valence-corrected chi connectivity index (χ2v) is 7.69. The second kappa shape index (κ2) is 12.9. The van der Waals surface area contributed by atoms with Crippen molar-refractivity contribution < 1.29 is 29.7 Å². The second-order valence-electron chi connectivity index (χ2n) is 6.59. The molecule has 0 aromatic carbocycles. The van der Waals surface area contributed by atoms with Crippen LogP contribution in [0.5, 0.6) is 0 Å². The predicted molar refractivity (Wildman–Crippen MR) is 100 cm³/mol. The summed E-state index contributed by atoms with van der Waals surface area (Å²) in [6, 6.07) is 0. The smallest absolute Gasteiger partial charge is 0.249 e. The molecule has 0 radical (unpaired) electrons. The van der Waals surface area contributed by atoms with Crippen molar-refractivity contribution in [1.82, 2.24) is 10.6 Å².